The molecule has 0 amide bonds. The second-order valence-electron chi connectivity index (χ2n) is 4.67. The summed E-state index contributed by atoms with van der Waals surface area (Å²) in [7, 11) is 0. The highest BCUT2D eigenvalue weighted by molar-refractivity contribution is 4.49. The van der Waals surface area contributed by atoms with E-state index in [1.807, 2.05) is 0 Å². The molecule has 0 saturated heterocycles. The van der Waals surface area contributed by atoms with Gasteiger partial charge in [0.25, 0.3) is 0 Å². The minimum absolute atomic E-state index is 0.411. The van der Waals surface area contributed by atoms with Crippen LogP contribution in [0.2, 0.25) is 0 Å². The Balaban J connectivity index is 4.52. The van der Waals surface area contributed by atoms with Gasteiger partial charge >= 0.3 is 6.16 Å². The first-order chi connectivity index (χ1) is 10.2. The van der Waals surface area contributed by atoms with E-state index < -0.39 is 6.16 Å². The molecule has 0 bridgehead atoms. The molecule has 0 aromatic carbocycles. The molecule has 7 nitrogen and oxygen atoms in total. The third-order valence-electron chi connectivity index (χ3n) is 2.66. The summed E-state index contributed by atoms with van der Waals surface area (Å²) in [5.74, 6) is 0. The lowest BCUT2D eigenvalue weighted by Crippen LogP contribution is -2.44. The van der Waals surface area contributed by atoms with Gasteiger partial charge in [-0.3, -0.25) is 0 Å². The summed E-state index contributed by atoms with van der Waals surface area (Å²) in [6.45, 7) is 5.44. The first-order valence-electron chi connectivity index (χ1n) is 7.90. The molecular formula is C14H33N3O4. The van der Waals surface area contributed by atoms with Crippen LogP contribution in [0.4, 0.5) is 0 Å². The topological polar surface area (TPSA) is 115 Å². The number of unbranched alkanes of at least 4 members (excludes halogenated alkanes) is 1. The minimum atomic E-state index is -1.46. The molecule has 0 atom stereocenters. The van der Waals surface area contributed by atoms with Crippen molar-refractivity contribution in [3.8, 4) is 0 Å². The van der Waals surface area contributed by atoms with Gasteiger partial charge in [0.05, 0.1) is 26.4 Å². The Morgan fingerprint density at radius 1 is 0.619 bits per heavy atom. The van der Waals surface area contributed by atoms with E-state index in [4.69, 9.17) is 36.1 Å². The molecule has 128 valence electrons. The van der Waals surface area contributed by atoms with Crippen LogP contribution in [0.1, 0.15) is 39.0 Å². The molecule has 6 N–H and O–H groups in total. The van der Waals surface area contributed by atoms with E-state index in [1.54, 1.807) is 0 Å². The fourth-order valence-corrected chi connectivity index (χ4v) is 1.43. The molecule has 0 aliphatic carbocycles. The van der Waals surface area contributed by atoms with Crippen LogP contribution >= 0.6 is 0 Å². The Kier molecular flexibility index (Phi) is 14.5. The molecule has 0 saturated carbocycles. The molecule has 0 radical (unpaired) electrons. The van der Waals surface area contributed by atoms with E-state index in [0.717, 1.165) is 12.8 Å². The van der Waals surface area contributed by atoms with Crippen LogP contribution in [0, 0.1) is 0 Å². The van der Waals surface area contributed by atoms with Gasteiger partial charge in [0.2, 0.25) is 0 Å². The van der Waals surface area contributed by atoms with E-state index in [2.05, 4.69) is 6.92 Å². The van der Waals surface area contributed by atoms with Crippen LogP contribution in [0.3, 0.4) is 0 Å². The predicted molar refractivity (Wildman–Crippen MR) is 82.5 cm³/mol. The normalized spacial score (nSPS) is 12.0. The number of ether oxygens (including phenoxy) is 4. The molecule has 21 heavy (non-hydrogen) atoms. The summed E-state index contributed by atoms with van der Waals surface area (Å²) in [5, 5.41) is 0. The van der Waals surface area contributed by atoms with Crippen molar-refractivity contribution in [2.24, 2.45) is 17.2 Å². The van der Waals surface area contributed by atoms with E-state index in [-0.39, 0.29) is 0 Å². The van der Waals surface area contributed by atoms with Crippen LogP contribution in [-0.2, 0) is 18.9 Å². The third kappa shape index (κ3) is 11.0. The molecule has 0 unspecified atom stereocenters. The highest BCUT2D eigenvalue weighted by Gasteiger charge is 2.35. The molecule has 0 fully saturated rings. The number of hydrogen-bond donors (Lipinski definition) is 3. The van der Waals surface area contributed by atoms with Gasteiger partial charge < -0.3 is 36.1 Å². The zero-order valence-electron chi connectivity index (χ0n) is 13.4. The van der Waals surface area contributed by atoms with Crippen molar-refractivity contribution >= 4 is 0 Å². The quantitative estimate of drug-likeness (QED) is 0.281. The molecule has 0 aliphatic heterocycles. The molecule has 0 rings (SSSR count). The van der Waals surface area contributed by atoms with Crippen LogP contribution < -0.4 is 17.2 Å². The maximum atomic E-state index is 5.72. The highest BCUT2D eigenvalue weighted by Crippen LogP contribution is 2.19. The molecule has 0 spiro atoms. The van der Waals surface area contributed by atoms with Crippen molar-refractivity contribution < 1.29 is 18.9 Å². The minimum Gasteiger partial charge on any atom is -0.330 e. The van der Waals surface area contributed by atoms with Crippen molar-refractivity contribution in [1.82, 2.24) is 0 Å². The average Bonchev–Trinajstić information content (AvgIpc) is 2.48. The van der Waals surface area contributed by atoms with Gasteiger partial charge in [-0.25, -0.2) is 0 Å². The number of rotatable bonds is 16. The number of nitrogens with two attached hydrogens (primary N) is 3. The number of hydrogen-bond acceptors (Lipinski definition) is 7. The summed E-state index contributed by atoms with van der Waals surface area (Å²) in [4.78, 5) is 0. The summed E-state index contributed by atoms with van der Waals surface area (Å²) in [6.07, 6.45) is 2.58. The molecule has 7 heteroatoms. The lowest BCUT2D eigenvalue weighted by molar-refractivity contribution is -0.499. The van der Waals surface area contributed by atoms with Crippen molar-refractivity contribution in [1.29, 1.82) is 0 Å². The van der Waals surface area contributed by atoms with Crippen molar-refractivity contribution in [3.63, 3.8) is 0 Å². The summed E-state index contributed by atoms with van der Waals surface area (Å²) in [6, 6.07) is 0. The zero-order chi connectivity index (χ0) is 15.8. The van der Waals surface area contributed by atoms with E-state index >= 15 is 0 Å². The van der Waals surface area contributed by atoms with Crippen molar-refractivity contribution in [3.05, 3.63) is 0 Å². The van der Waals surface area contributed by atoms with Gasteiger partial charge in [0, 0.05) is 0 Å². The lowest BCUT2D eigenvalue weighted by Gasteiger charge is -2.32. The molecule has 0 aromatic rings. The van der Waals surface area contributed by atoms with Gasteiger partial charge in [-0.05, 0) is 45.3 Å². The molecular weight excluding hydrogens is 274 g/mol. The second kappa shape index (κ2) is 14.6. The largest absolute Gasteiger partial charge is 0.412 e. The van der Waals surface area contributed by atoms with Gasteiger partial charge in [-0.1, -0.05) is 13.3 Å². The maximum Gasteiger partial charge on any atom is 0.412 e. The molecule has 0 heterocycles. The van der Waals surface area contributed by atoms with Gasteiger partial charge in [-0.2, -0.15) is 0 Å². The fraction of sp³-hybridized carbons (Fsp3) is 1.00. The van der Waals surface area contributed by atoms with Crippen LogP contribution in [-0.4, -0.2) is 52.2 Å². The molecule has 0 aromatic heterocycles. The lowest BCUT2D eigenvalue weighted by atomic mass is 10.4. The van der Waals surface area contributed by atoms with Gasteiger partial charge in [0.1, 0.15) is 0 Å². The van der Waals surface area contributed by atoms with Crippen LogP contribution in [0.5, 0.6) is 0 Å². The Morgan fingerprint density at radius 3 is 1.24 bits per heavy atom. The maximum absolute atomic E-state index is 5.72. The molecule has 0 aliphatic rings. The summed E-state index contributed by atoms with van der Waals surface area (Å²) < 4.78 is 22.8. The fourth-order valence-electron chi connectivity index (χ4n) is 1.43. The van der Waals surface area contributed by atoms with E-state index in [9.17, 15) is 0 Å². The second-order valence-corrected chi connectivity index (χ2v) is 4.67. The Bertz CT molecular complexity index is 175. The van der Waals surface area contributed by atoms with Gasteiger partial charge in [0.15, 0.2) is 0 Å². The SMILES string of the molecule is CCCCOC(OCCCN)(OCCCN)OCCCN. The Labute approximate surface area is 128 Å². The standard InChI is InChI=1S/C14H33N3O4/c1-2-3-10-18-14(19-11-4-7-15,20-12-5-8-16)21-13-6-9-17/h2-13,15-17H2,1H3. The zero-order valence-corrected chi connectivity index (χ0v) is 13.4. The van der Waals surface area contributed by atoms with Crippen molar-refractivity contribution in [2.45, 2.75) is 45.2 Å². The van der Waals surface area contributed by atoms with Crippen molar-refractivity contribution in [2.75, 3.05) is 46.1 Å². The Hall–Kier alpha value is -0.280. The van der Waals surface area contributed by atoms with E-state index in [1.165, 1.54) is 0 Å². The van der Waals surface area contributed by atoms with Crippen LogP contribution in [0.25, 0.3) is 0 Å². The van der Waals surface area contributed by atoms with E-state index in [0.29, 0.717) is 65.3 Å². The monoisotopic (exact) mass is 307 g/mol. The smallest absolute Gasteiger partial charge is 0.330 e. The van der Waals surface area contributed by atoms with Gasteiger partial charge in [-0.15, -0.1) is 0 Å². The summed E-state index contributed by atoms with van der Waals surface area (Å²) >= 11 is 0. The third-order valence-corrected chi connectivity index (χ3v) is 2.66. The predicted octanol–water partition coefficient (Wildman–Crippen LogP) is 0.511. The highest BCUT2D eigenvalue weighted by atomic mass is 17.0. The average molecular weight is 307 g/mol. The van der Waals surface area contributed by atoms with Crippen LogP contribution in [0.15, 0.2) is 0 Å². The first-order valence-corrected chi connectivity index (χ1v) is 7.90. The Morgan fingerprint density at radius 2 is 0.952 bits per heavy atom. The first kappa shape index (κ1) is 20.7. The summed E-state index contributed by atoms with van der Waals surface area (Å²) in [5.41, 5.74) is 16.5.